The van der Waals surface area contributed by atoms with E-state index in [0.29, 0.717) is 35.1 Å². The Kier molecular flexibility index (Phi) is 7.66. The van der Waals surface area contributed by atoms with Gasteiger partial charge in [-0.2, -0.15) is 0 Å². The van der Waals surface area contributed by atoms with E-state index in [1.807, 2.05) is 18.2 Å². The highest BCUT2D eigenvalue weighted by atomic mass is 35.5. The van der Waals surface area contributed by atoms with Crippen molar-refractivity contribution in [3.8, 4) is 11.5 Å². The number of piperidine rings is 1. The highest BCUT2D eigenvalue weighted by molar-refractivity contribution is 7.92. The maximum atomic E-state index is 13.9. The van der Waals surface area contributed by atoms with Gasteiger partial charge in [0, 0.05) is 25.7 Å². The molecule has 180 valence electrons. The van der Waals surface area contributed by atoms with Crippen molar-refractivity contribution >= 4 is 27.3 Å². The molecule has 4 rings (SSSR count). The molecule has 1 aliphatic heterocycles. The summed E-state index contributed by atoms with van der Waals surface area (Å²) in [6.45, 7) is 2.46. The molecule has 0 atom stereocenters. The zero-order chi connectivity index (χ0) is 24.1. The average molecular weight is 501 g/mol. The van der Waals surface area contributed by atoms with E-state index in [4.69, 9.17) is 21.1 Å². The van der Waals surface area contributed by atoms with Crippen molar-refractivity contribution in [1.82, 2.24) is 4.90 Å². The molecule has 1 aliphatic rings. The Morgan fingerprint density at radius 2 is 1.62 bits per heavy atom. The number of methoxy groups -OCH3 is 2. The third-order valence-corrected chi connectivity index (χ3v) is 8.33. The summed E-state index contributed by atoms with van der Waals surface area (Å²) < 4.78 is 39.7. The fourth-order valence-electron chi connectivity index (χ4n) is 4.35. The fourth-order valence-corrected chi connectivity index (χ4v) is 6.31. The zero-order valence-corrected chi connectivity index (χ0v) is 20.9. The molecule has 3 aromatic carbocycles. The van der Waals surface area contributed by atoms with Crippen LogP contribution in [-0.2, 0) is 16.6 Å². The number of nitrogens with zero attached hydrogens (tertiary/aromatic N) is 2. The Morgan fingerprint density at radius 1 is 0.941 bits per heavy atom. The summed E-state index contributed by atoms with van der Waals surface area (Å²) in [4.78, 5) is 2.58. The number of ether oxygens (including phenoxy) is 2. The smallest absolute Gasteiger partial charge is 0.264 e. The van der Waals surface area contributed by atoms with Gasteiger partial charge in [-0.05, 0) is 60.9 Å². The van der Waals surface area contributed by atoms with Crippen molar-refractivity contribution < 1.29 is 17.9 Å². The molecule has 0 radical (unpaired) electrons. The molecule has 1 saturated heterocycles. The van der Waals surface area contributed by atoms with Gasteiger partial charge in [0.2, 0.25) is 0 Å². The van der Waals surface area contributed by atoms with Gasteiger partial charge in [-0.3, -0.25) is 9.21 Å². The van der Waals surface area contributed by atoms with E-state index >= 15 is 0 Å². The summed E-state index contributed by atoms with van der Waals surface area (Å²) in [7, 11) is -0.741. The number of hydrogen-bond acceptors (Lipinski definition) is 5. The summed E-state index contributed by atoms with van der Waals surface area (Å²) in [5.74, 6) is 1.11. The van der Waals surface area contributed by atoms with Gasteiger partial charge < -0.3 is 9.47 Å². The molecule has 8 heteroatoms. The van der Waals surface area contributed by atoms with E-state index in [0.717, 1.165) is 19.6 Å². The van der Waals surface area contributed by atoms with E-state index in [1.54, 1.807) is 49.6 Å². The van der Waals surface area contributed by atoms with Crippen LogP contribution in [0.5, 0.6) is 11.5 Å². The molecule has 1 heterocycles. The number of sulfonamides is 1. The zero-order valence-electron chi connectivity index (χ0n) is 19.4. The second kappa shape index (κ2) is 10.7. The Hall–Kier alpha value is -2.74. The number of halogens is 1. The molecule has 0 aliphatic carbocycles. The molecule has 1 fully saturated rings. The van der Waals surface area contributed by atoms with Crippen LogP contribution in [0.1, 0.15) is 18.4 Å². The van der Waals surface area contributed by atoms with Crippen molar-refractivity contribution in [3.05, 3.63) is 83.4 Å². The molecule has 0 amide bonds. The van der Waals surface area contributed by atoms with Gasteiger partial charge in [0.25, 0.3) is 10.0 Å². The summed E-state index contributed by atoms with van der Waals surface area (Å²) >= 11 is 6.39. The first-order valence-electron chi connectivity index (χ1n) is 11.2. The lowest BCUT2D eigenvalue weighted by Crippen LogP contribution is -2.47. The molecule has 6 nitrogen and oxygen atoms in total. The Bertz CT molecular complexity index is 1200. The molecule has 34 heavy (non-hydrogen) atoms. The SMILES string of the molecule is COc1ccc(S(=O)(=O)N(c2ccc(OC)c(Cl)c2)C2CCN(Cc3ccccc3)CC2)cc1. The van der Waals surface area contributed by atoms with Crippen LogP contribution in [0.4, 0.5) is 5.69 Å². The van der Waals surface area contributed by atoms with Crippen LogP contribution in [0.25, 0.3) is 0 Å². The lowest BCUT2D eigenvalue weighted by Gasteiger charge is -2.39. The van der Waals surface area contributed by atoms with Gasteiger partial charge in [-0.1, -0.05) is 41.9 Å². The molecule has 3 aromatic rings. The summed E-state index contributed by atoms with van der Waals surface area (Å²) in [5, 5.41) is 0.372. The van der Waals surface area contributed by atoms with Crippen LogP contribution in [-0.4, -0.2) is 46.7 Å². The Morgan fingerprint density at radius 3 is 2.21 bits per heavy atom. The molecular weight excluding hydrogens is 472 g/mol. The van der Waals surface area contributed by atoms with Crippen molar-refractivity contribution in [2.45, 2.75) is 30.3 Å². The minimum Gasteiger partial charge on any atom is -0.497 e. The average Bonchev–Trinajstić information content (AvgIpc) is 2.86. The highest BCUT2D eigenvalue weighted by Crippen LogP contribution is 2.35. The maximum absolute atomic E-state index is 13.9. The molecule has 0 saturated carbocycles. The van der Waals surface area contributed by atoms with Crippen molar-refractivity contribution in [1.29, 1.82) is 0 Å². The number of likely N-dealkylation sites (tertiary alicyclic amines) is 1. The lowest BCUT2D eigenvalue weighted by atomic mass is 10.0. The predicted molar refractivity (Wildman–Crippen MR) is 135 cm³/mol. The first-order valence-corrected chi connectivity index (χ1v) is 13.0. The summed E-state index contributed by atoms with van der Waals surface area (Å²) in [6, 6.07) is 21.7. The Balaban J connectivity index is 1.62. The molecule has 0 N–H and O–H groups in total. The second-order valence-electron chi connectivity index (χ2n) is 8.29. The molecule has 0 bridgehead atoms. The van der Waals surface area contributed by atoms with Crippen molar-refractivity contribution in [3.63, 3.8) is 0 Å². The highest BCUT2D eigenvalue weighted by Gasteiger charge is 2.34. The van der Waals surface area contributed by atoms with Crippen molar-refractivity contribution in [2.75, 3.05) is 31.6 Å². The van der Waals surface area contributed by atoms with E-state index in [1.165, 1.54) is 17.0 Å². The monoisotopic (exact) mass is 500 g/mol. The van der Waals surface area contributed by atoms with Gasteiger partial charge >= 0.3 is 0 Å². The van der Waals surface area contributed by atoms with Crippen LogP contribution in [0.3, 0.4) is 0 Å². The fraction of sp³-hybridized carbons (Fsp3) is 0.308. The minimum absolute atomic E-state index is 0.191. The van der Waals surface area contributed by atoms with Crippen LogP contribution in [0, 0.1) is 0 Å². The number of rotatable bonds is 8. The lowest BCUT2D eigenvalue weighted by molar-refractivity contribution is 0.206. The molecule has 0 aromatic heterocycles. The Labute approximate surface area is 206 Å². The minimum atomic E-state index is -3.83. The topological polar surface area (TPSA) is 59.1 Å². The normalized spacial score (nSPS) is 15.1. The standard InChI is InChI=1S/C26H29ClN2O4S/c1-32-23-9-11-24(12-10-23)34(30,31)29(22-8-13-26(33-2)25(27)18-22)21-14-16-28(17-15-21)19-20-6-4-3-5-7-20/h3-13,18,21H,14-17,19H2,1-2H3. The predicted octanol–water partition coefficient (Wildman–Crippen LogP) is 5.22. The van der Waals surface area contributed by atoms with Gasteiger partial charge in [-0.25, -0.2) is 8.42 Å². The third-order valence-electron chi connectivity index (χ3n) is 6.14. The van der Waals surface area contributed by atoms with Crippen molar-refractivity contribution in [2.24, 2.45) is 0 Å². The van der Waals surface area contributed by atoms with Gasteiger partial charge in [0.15, 0.2) is 0 Å². The van der Waals surface area contributed by atoms with E-state index in [-0.39, 0.29) is 10.9 Å². The van der Waals surface area contributed by atoms with Crippen LogP contribution >= 0.6 is 11.6 Å². The summed E-state index contributed by atoms with van der Waals surface area (Å²) in [5.41, 5.74) is 1.79. The second-order valence-corrected chi connectivity index (χ2v) is 10.5. The first-order chi connectivity index (χ1) is 16.4. The van der Waals surface area contributed by atoms with Gasteiger partial charge in [-0.15, -0.1) is 0 Å². The first kappa shape index (κ1) is 24.4. The third kappa shape index (κ3) is 5.32. The van der Waals surface area contributed by atoms with E-state index < -0.39 is 10.0 Å². The summed E-state index contributed by atoms with van der Waals surface area (Å²) in [6.07, 6.45) is 1.43. The van der Waals surface area contributed by atoms with Crippen LogP contribution in [0.15, 0.2) is 77.7 Å². The maximum Gasteiger partial charge on any atom is 0.264 e. The largest absolute Gasteiger partial charge is 0.497 e. The van der Waals surface area contributed by atoms with Crippen LogP contribution < -0.4 is 13.8 Å². The number of anilines is 1. The van der Waals surface area contributed by atoms with Crippen LogP contribution in [0.2, 0.25) is 5.02 Å². The van der Waals surface area contributed by atoms with E-state index in [9.17, 15) is 8.42 Å². The van der Waals surface area contributed by atoms with Gasteiger partial charge in [0.1, 0.15) is 11.5 Å². The molecular formula is C26H29ClN2O4S. The van der Waals surface area contributed by atoms with E-state index in [2.05, 4.69) is 17.0 Å². The molecule has 0 unspecified atom stereocenters. The van der Waals surface area contributed by atoms with Gasteiger partial charge in [0.05, 0.1) is 29.8 Å². The number of benzene rings is 3. The quantitative estimate of drug-likeness (QED) is 0.424. The molecule has 0 spiro atoms. The number of hydrogen-bond donors (Lipinski definition) is 0.